The van der Waals surface area contributed by atoms with Gasteiger partial charge >= 0.3 is 0 Å². The van der Waals surface area contributed by atoms with E-state index in [4.69, 9.17) is 4.74 Å². The van der Waals surface area contributed by atoms with Crippen LogP contribution in [0.15, 0.2) is 72.8 Å². The molecule has 0 saturated carbocycles. The monoisotopic (exact) mass is 407 g/mol. The van der Waals surface area contributed by atoms with Crippen LogP contribution in [0.2, 0.25) is 0 Å². The van der Waals surface area contributed by atoms with Gasteiger partial charge in [0.1, 0.15) is 5.82 Å². The molecule has 1 N–H and O–H groups in total. The molecule has 0 saturated heterocycles. The topological polar surface area (TPSA) is 32.7 Å². The fourth-order valence-electron chi connectivity index (χ4n) is 3.53. The molecule has 3 aromatic rings. The minimum Gasteiger partial charge on any atom is -0.389 e. The van der Waals surface area contributed by atoms with Crippen LogP contribution in [0.4, 0.5) is 4.39 Å². The molecule has 0 bridgehead atoms. The van der Waals surface area contributed by atoms with Gasteiger partial charge in [-0.15, -0.1) is 0 Å². The van der Waals surface area contributed by atoms with Crippen LogP contribution in [0.25, 0.3) is 0 Å². The van der Waals surface area contributed by atoms with Crippen LogP contribution >= 0.6 is 0 Å². The van der Waals surface area contributed by atoms with Crippen LogP contribution in [0.3, 0.4) is 0 Å². The molecule has 3 rings (SSSR count). The summed E-state index contributed by atoms with van der Waals surface area (Å²) in [4.78, 5) is 2.18. The van der Waals surface area contributed by atoms with Crippen LogP contribution in [0.1, 0.15) is 27.8 Å². The van der Waals surface area contributed by atoms with E-state index in [1.165, 1.54) is 28.8 Å². The predicted octanol–water partition coefficient (Wildman–Crippen LogP) is 5.02. The maximum atomic E-state index is 13.3. The maximum Gasteiger partial charge on any atom is 0.123 e. The highest BCUT2D eigenvalue weighted by molar-refractivity contribution is 5.30. The molecule has 0 heterocycles. The van der Waals surface area contributed by atoms with Gasteiger partial charge in [0.05, 0.1) is 19.3 Å². The molecule has 0 aliphatic rings. The summed E-state index contributed by atoms with van der Waals surface area (Å²) in [6.45, 7) is 6.75. The summed E-state index contributed by atoms with van der Waals surface area (Å²) in [6, 6.07) is 22.9. The first-order chi connectivity index (χ1) is 14.5. The van der Waals surface area contributed by atoms with Crippen molar-refractivity contribution in [3.8, 4) is 0 Å². The Bertz CT molecular complexity index is 912. The highest BCUT2D eigenvalue weighted by Gasteiger charge is 2.15. The minimum absolute atomic E-state index is 0.242. The van der Waals surface area contributed by atoms with Crippen LogP contribution in [-0.2, 0) is 24.4 Å². The first-order valence-electron chi connectivity index (χ1n) is 10.3. The number of ether oxygens (including phenoxy) is 1. The van der Waals surface area contributed by atoms with Crippen molar-refractivity contribution in [3.63, 3.8) is 0 Å². The summed E-state index contributed by atoms with van der Waals surface area (Å²) in [7, 11) is 0. The number of aryl methyl sites for hydroxylation is 2. The van der Waals surface area contributed by atoms with Crippen LogP contribution in [-0.4, -0.2) is 29.3 Å². The Hall–Kier alpha value is -2.53. The van der Waals surface area contributed by atoms with Crippen molar-refractivity contribution in [2.24, 2.45) is 0 Å². The van der Waals surface area contributed by atoms with E-state index in [0.717, 1.165) is 11.1 Å². The molecule has 0 aliphatic heterocycles. The number of aliphatic hydroxyl groups excluding tert-OH is 1. The molecule has 0 spiro atoms. The molecule has 0 aliphatic carbocycles. The van der Waals surface area contributed by atoms with Gasteiger partial charge in [0, 0.05) is 19.6 Å². The highest BCUT2D eigenvalue weighted by atomic mass is 19.1. The van der Waals surface area contributed by atoms with Crippen LogP contribution in [0.5, 0.6) is 0 Å². The zero-order valence-corrected chi connectivity index (χ0v) is 17.7. The molecule has 1 atom stereocenters. The number of hydrogen-bond acceptors (Lipinski definition) is 3. The van der Waals surface area contributed by atoms with Gasteiger partial charge in [-0.25, -0.2) is 4.39 Å². The van der Waals surface area contributed by atoms with Crippen LogP contribution < -0.4 is 0 Å². The molecule has 0 unspecified atom stereocenters. The molecular formula is C26H30FNO2. The Morgan fingerprint density at radius 2 is 1.63 bits per heavy atom. The molecule has 0 radical (unpaired) electrons. The summed E-state index contributed by atoms with van der Waals surface area (Å²) < 4.78 is 19.0. The Morgan fingerprint density at radius 3 is 2.33 bits per heavy atom. The Balaban J connectivity index is 1.62. The SMILES string of the molecule is Cc1ccc(CN(Cc2ccc(F)cc2)C[C@@H](O)COCc2ccccc2)c(C)c1. The Morgan fingerprint density at radius 1 is 0.900 bits per heavy atom. The second-order valence-electron chi connectivity index (χ2n) is 7.88. The van der Waals surface area contributed by atoms with E-state index in [9.17, 15) is 9.50 Å². The first-order valence-corrected chi connectivity index (χ1v) is 10.3. The number of aliphatic hydroxyl groups is 1. The number of hydrogen-bond donors (Lipinski definition) is 1. The Labute approximate surface area is 178 Å². The number of benzene rings is 3. The van der Waals surface area contributed by atoms with Crippen molar-refractivity contribution >= 4 is 0 Å². The van der Waals surface area contributed by atoms with Gasteiger partial charge in [0.15, 0.2) is 0 Å². The summed E-state index contributed by atoms with van der Waals surface area (Å²) in [5.74, 6) is -0.242. The lowest BCUT2D eigenvalue weighted by molar-refractivity contribution is 0.00709. The Kier molecular flexibility index (Phi) is 8.14. The largest absolute Gasteiger partial charge is 0.389 e. The standard InChI is InChI=1S/C26H30FNO2/c1-20-8-11-24(21(2)14-20)16-28(15-22-9-12-25(27)13-10-22)17-26(29)19-30-18-23-6-4-3-5-7-23/h3-14,26,29H,15-19H2,1-2H3/t26-/m1/s1. The number of rotatable bonds is 10. The van der Waals surface area contributed by atoms with Gasteiger partial charge in [-0.05, 0) is 48.2 Å². The van der Waals surface area contributed by atoms with E-state index >= 15 is 0 Å². The molecule has 3 nitrogen and oxygen atoms in total. The van der Waals surface area contributed by atoms with Gasteiger partial charge in [-0.2, -0.15) is 0 Å². The van der Waals surface area contributed by atoms with Crippen molar-refractivity contribution in [2.75, 3.05) is 13.2 Å². The zero-order valence-electron chi connectivity index (χ0n) is 17.7. The maximum absolute atomic E-state index is 13.3. The summed E-state index contributed by atoms with van der Waals surface area (Å²) in [5, 5.41) is 10.6. The second-order valence-corrected chi connectivity index (χ2v) is 7.88. The van der Waals surface area contributed by atoms with Gasteiger partial charge in [0.2, 0.25) is 0 Å². The molecule has 3 aromatic carbocycles. The van der Waals surface area contributed by atoms with Gasteiger partial charge in [-0.1, -0.05) is 66.2 Å². The van der Waals surface area contributed by atoms with Crippen molar-refractivity contribution in [2.45, 2.75) is 39.6 Å². The minimum atomic E-state index is -0.611. The number of halogens is 1. The lowest BCUT2D eigenvalue weighted by atomic mass is 10.0. The molecule has 0 amide bonds. The summed E-state index contributed by atoms with van der Waals surface area (Å²) in [6.07, 6.45) is -0.611. The number of nitrogens with zero attached hydrogens (tertiary/aromatic N) is 1. The molecule has 30 heavy (non-hydrogen) atoms. The van der Waals surface area contributed by atoms with Crippen LogP contribution in [0, 0.1) is 19.7 Å². The average Bonchev–Trinajstić information content (AvgIpc) is 2.72. The van der Waals surface area contributed by atoms with E-state index in [1.807, 2.05) is 30.3 Å². The molecule has 0 fully saturated rings. The van der Waals surface area contributed by atoms with E-state index in [-0.39, 0.29) is 12.4 Å². The normalized spacial score (nSPS) is 12.3. The lowest BCUT2D eigenvalue weighted by Crippen LogP contribution is -2.34. The fourth-order valence-corrected chi connectivity index (χ4v) is 3.53. The second kappa shape index (κ2) is 11.0. The van der Waals surface area contributed by atoms with Crippen molar-refractivity contribution < 1.29 is 14.2 Å². The molecule has 4 heteroatoms. The molecule has 0 aromatic heterocycles. The lowest BCUT2D eigenvalue weighted by Gasteiger charge is -2.26. The molecule has 158 valence electrons. The summed E-state index contributed by atoms with van der Waals surface area (Å²) in [5.41, 5.74) is 5.78. The van der Waals surface area contributed by atoms with E-state index in [2.05, 4.69) is 36.9 Å². The smallest absolute Gasteiger partial charge is 0.123 e. The highest BCUT2D eigenvalue weighted by Crippen LogP contribution is 2.16. The van der Waals surface area contributed by atoms with Gasteiger partial charge in [-0.3, -0.25) is 4.90 Å². The van der Waals surface area contributed by atoms with E-state index in [0.29, 0.717) is 26.2 Å². The van der Waals surface area contributed by atoms with E-state index in [1.54, 1.807) is 12.1 Å². The zero-order chi connectivity index (χ0) is 21.3. The van der Waals surface area contributed by atoms with Gasteiger partial charge < -0.3 is 9.84 Å². The van der Waals surface area contributed by atoms with Crippen molar-refractivity contribution in [1.29, 1.82) is 0 Å². The van der Waals surface area contributed by atoms with Gasteiger partial charge in [0.25, 0.3) is 0 Å². The third kappa shape index (κ3) is 7.06. The molecular weight excluding hydrogens is 377 g/mol. The van der Waals surface area contributed by atoms with Crippen molar-refractivity contribution in [1.82, 2.24) is 4.90 Å². The third-order valence-electron chi connectivity index (χ3n) is 5.10. The average molecular weight is 408 g/mol. The predicted molar refractivity (Wildman–Crippen MR) is 119 cm³/mol. The fraction of sp³-hybridized carbons (Fsp3) is 0.308. The quantitative estimate of drug-likeness (QED) is 0.512. The van der Waals surface area contributed by atoms with Crippen molar-refractivity contribution in [3.05, 3.63) is 106 Å². The first kappa shape index (κ1) is 22.2. The van der Waals surface area contributed by atoms with E-state index < -0.39 is 6.10 Å². The third-order valence-corrected chi connectivity index (χ3v) is 5.10. The summed E-state index contributed by atoms with van der Waals surface area (Å²) >= 11 is 0.